The second-order valence-electron chi connectivity index (χ2n) is 16.6. The average molecular weight is 875 g/mol. The number of hydrogen-bond acceptors (Lipinski definition) is 11. The van der Waals surface area contributed by atoms with Crippen LogP contribution in [-0.4, -0.2) is 98.9 Å². The van der Waals surface area contributed by atoms with Crippen LogP contribution in [0.25, 0.3) is 0 Å². The number of esters is 1. The normalized spacial score (nSPS) is 22.6. The molecule has 0 radical (unpaired) electrons. The van der Waals surface area contributed by atoms with Crippen LogP contribution in [0.1, 0.15) is 194 Å². The highest BCUT2D eigenvalue weighted by molar-refractivity contribution is 7.47. The van der Waals surface area contributed by atoms with Gasteiger partial charge < -0.3 is 39.9 Å². The van der Waals surface area contributed by atoms with Gasteiger partial charge in [0, 0.05) is 13.0 Å². The predicted molar refractivity (Wildman–Crippen MR) is 239 cm³/mol. The molecule has 0 heterocycles. The van der Waals surface area contributed by atoms with E-state index in [4.69, 9.17) is 18.5 Å². The van der Waals surface area contributed by atoms with E-state index in [1.807, 2.05) is 0 Å². The van der Waals surface area contributed by atoms with Crippen molar-refractivity contribution in [2.24, 2.45) is 0 Å². The van der Waals surface area contributed by atoms with Gasteiger partial charge in [-0.3, -0.25) is 13.8 Å². The monoisotopic (exact) mass is 875 g/mol. The van der Waals surface area contributed by atoms with Crippen molar-refractivity contribution in [3.63, 3.8) is 0 Å². The number of hydrogen-bond donors (Lipinski definition) is 6. The molecule has 12 nitrogen and oxygen atoms in total. The van der Waals surface area contributed by atoms with E-state index in [0.717, 1.165) is 57.8 Å². The maximum atomic E-state index is 12.8. The standard InChI is InChI=1S/C47H87O12P/c1-3-5-7-9-11-13-15-17-18-19-20-21-22-23-25-27-29-31-33-35-37-56-38-40(39-57-60(54,55)59-47-45(52)43(50)42(49)44(51)46(47)53)58-41(48)36-34-32-30-28-26-24-16-14-12-10-8-6-4-2/h6,8,12,14,24,26,40,42-47,49-53H,3-5,7,9-11,13,15-23,25,27-39H2,1-2H3,(H,54,55)/b8-6-,14-12-,26-24-. The van der Waals surface area contributed by atoms with Gasteiger partial charge in [0.1, 0.15) is 42.7 Å². The van der Waals surface area contributed by atoms with Crippen LogP contribution in [0.3, 0.4) is 0 Å². The number of carbonyl (C=O) groups is 1. The van der Waals surface area contributed by atoms with E-state index < -0.39 is 63.1 Å². The summed E-state index contributed by atoms with van der Waals surface area (Å²) in [5.74, 6) is -0.504. The van der Waals surface area contributed by atoms with Gasteiger partial charge in [-0.05, 0) is 44.9 Å². The molecule has 0 amide bonds. The molecule has 60 heavy (non-hydrogen) atoms. The molecular formula is C47H87O12P. The molecule has 0 aromatic rings. The third kappa shape index (κ3) is 29.8. The molecule has 1 fully saturated rings. The quantitative estimate of drug-likeness (QED) is 0.0148. The molecule has 352 valence electrons. The number of unbranched alkanes of at least 4 members (excludes halogenated alkanes) is 22. The summed E-state index contributed by atoms with van der Waals surface area (Å²) in [4.78, 5) is 23.1. The van der Waals surface area contributed by atoms with Crippen LogP contribution in [0, 0.1) is 0 Å². The molecule has 0 aromatic carbocycles. The van der Waals surface area contributed by atoms with Gasteiger partial charge in [-0.1, -0.05) is 179 Å². The molecule has 6 N–H and O–H groups in total. The third-order valence-corrected chi connectivity index (χ3v) is 12.0. The van der Waals surface area contributed by atoms with E-state index in [0.29, 0.717) is 13.0 Å². The van der Waals surface area contributed by atoms with Crippen molar-refractivity contribution in [1.29, 1.82) is 0 Å². The first kappa shape index (κ1) is 56.6. The summed E-state index contributed by atoms with van der Waals surface area (Å²) in [5.41, 5.74) is 0. The minimum atomic E-state index is -5.02. The Bertz CT molecular complexity index is 1130. The van der Waals surface area contributed by atoms with Crippen molar-refractivity contribution in [2.75, 3.05) is 19.8 Å². The molecule has 0 bridgehead atoms. The highest BCUT2D eigenvalue weighted by atomic mass is 31.2. The lowest BCUT2D eigenvalue weighted by Crippen LogP contribution is -2.64. The molecule has 1 saturated carbocycles. The Morgan fingerprint density at radius 2 is 0.983 bits per heavy atom. The summed E-state index contributed by atoms with van der Waals surface area (Å²) in [6.45, 7) is 4.13. The molecule has 6 atom stereocenters. The Hall–Kier alpha value is -1.44. The summed E-state index contributed by atoms with van der Waals surface area (Å²) in [7, 11) is -5.02. The Kier molecular flexibility index (Phi) is 35.9. The largest absolute Gasteiger partial charge is 0.472 e. The summed E-state index contributed by atoms with van der Waals surface area (Å²) in [6, 6.07) is 0. The molecule has 0 saturated heterocycles. The predicted octanol–water partition coefficient (Wildman–Crippen LogP) is 9.87. The molecular weight excluding hydrogens is 787 g/mol. The van der Waals surface area contributed by atoms with Gasteiger partial charge in [0.15, 0.2) is 0 Å². The molecule has 0 spiro atoms. The highest BCUT2D eigenvalue weighted by Crippen LogP contribution is 2.47. The fraction of sp³-hybridized carbons (Fsp3) is 0.851. The molecule has 13 heteroatoms. The first-order chi connectivity index (χ1) is 29.0. The summed E-state index contributed by atoms with van der Waals surface area (Å²) >= 11 is 0. The van der Waals surface area contributed by atoms with Crippen LogP contribution in [0.15, 0.2) is 36.5 Å². The zero-order valence-electron chi connectivity index (χ0n) is 37.5. The van der Waals surface area contributed by atoms with Gasteiger partial charge in [-0.15, -0.1) is 0 Å². The lowest BCUT2D eigenvalue weighted by molar-refractivity contribution is -0.220. The smallest absolute Gasteiger partial charge is 0.457 e. The number of allylic oxidation sites excluding steroid dienone is 6. The second kappa shape index (κ2) is 38.1. The number of phosphoric acid groups is 1. The van der Waals surface area contributed by atoms with E-state index in [-0.39, 0.29) is 13.0 Å². The van der Waals surface area contributed by atoms with Crippen LogP contribution in [0.4, 0.5) is 0 Å². The molecule has 0 aliphatic heterocycles. The summed E-state index contributed by atoms with van der Waals surface area (Å²) in [6.07, 6.45) is 32.3. The second-order valence-corrected chi connectivity index (χ2v) is 18.0. The van der Waals surface area contributed by atoms with Crippen molar-refractivity contribution in [2.45, 2.75) is 236 Å². The topological polar surface area (TPSA) is 192 Å². The number of rotatable bonds is 40. The molecule has 1 aliphatic carbocycles. The van der Waals surface area contributed by atoms with E-state index in [9.17, 15) is 39.8 Å². The van der Waals surface area contributed by atoms with Gasteiger partial charge in [-0.25, -0.2) is 4.57 Å². The van der Waals surface area contributed by atoms with Crippen molar-refractivity contribution in [1.82, 2.24) is 0 Å². The Morgan fingerprint density at radius 3 is 1.48 bits per heavy atom. The first-order valence-corrected chi connectivity index (χ1v) is 25.3. The fourth-order valence-corrected chi connectivity index (χ4v) is 8.23. The Morgan fingerprint density at radius 1 is 0.550 bits per heavy atom. The highest BCUT2D eigenvalue weighted by Gasteiger charge is 2.51. The van der Waals surface area contributed by atoms with E-state index in [1.165, 1.54) is 109 Å². The van der Waals surface area contributed by atoms with Gasteiger partial charge in [0.05, 0.1) is 13.2 Å². The van der Waals surface area contributed by atoms with Crippen LogP contribution in [-0.2, 0) is 27.9 Å². The number of phosphoric ester groups is 1. The van der Waals surface area contributed by atoms with E-state index in [2.05, 4.69) is 50.3 Å². The van der Waals surface area contributed by atoms with Crippen LogP contribution in [0.2, 0.25) is 0 Å². The van der Waals surface area contributed by atoms with Crippen LogP contribution < -0.4 is 0 Å². The molecule has 0 aromatic heterocycles. The maximum Gasteiger partial charge on any atom is 0.472 e. The number of aliphatic hydroxyl groups excluding tert-OH is 5. The SMILES string of the molecule is CC/C=C\C/C=C\C/C=C\CCCCCC(=O)OC(COCCCCCCCCCCCCCCCCCCCCCC)COP(=O)(O)OC1C(O)C(O)C(O)C(O)C1O. The number of aliphatic hydroxyl groups is 5. The Balaban J connectivity index is 2.35. The summed E-state index contributed by atoms with van der Waals surface area (Å²) in [5, 5.41) is 50.2. The zero-order valence-corrected chi connectivity index (χ0v) is 38.4. The van der Waals surface area contributed by atoms with Crippen molar-refractivity contribution >= 4 is 13.8 Å². The minimum absolute atomic E-state index is 0.0860. The van der Waals surface area contributed by atoms with E-state index >= 15 is 0 Å². The third-order valence-electron chi connectivity index (χ3n) is 11.0. The fourth-order valence-electron chi connectivity index (χ4n) is 7.25. The Labute approximate surface area is 363 Å². The van der Waals surface area contributed by atoms with Crippen molar-refractivity contribution < 1.29 is 58.3 Å². The molecule has 1 rings (SSSR count). The maximum absolute atomic E-state index is 12.8. The van der Waals surface area contributed by atoms with Gasteiger partial charge in [-0.2, -0.15) is 0 Å². The van der Waals surface area contributed by atoms with Crippen LogP contribution >= 0.6 is 7.82 Å². The molecule has 6 unspecified atom stereocenters. The molecule has 1 aliphatic rings. The first-order valence-electron chi connectivity index (χ1n) is 23.8. The van der Waals surface area contributed by atoms with Crippen LogP contribution in [0.5, 0.6) is 0 Å². The lowest BCUT2D eigenvalue weighted by Gasteiger charge is -2.41. The zero-order chi connectivity index (χ0) is 44.1. The lowest BCUT2D eigenvalue weighted by atomic mass is 9.85. The number of carbonyl (C=O) groups excluding carboxylic acids is 1. The number of ether oxygens (including phenoxy) is 2. The summed E-state index contributed by atoms with van der Waals surface area (Å²) < 4.78 is 34.2. The average Bonchev–Trinajstić information content (AvgIpc) is 3.23. The van der Waals surface area contributed by atoms with Crippen molar-refractivity contribution in [3.8, 4) is 0 Å². The minimum Gasteiger partial charge on any atom is -0.457 e. The van der Waals surface area contributed by atoms with Gasteiger partial charge in [0.2, 0.25) is 0 Å². The van der Waals surface area contributed by atoms with Gasteiger partial charge in [0.25, 0.3) is 0 Å². The van der Waals surface area contributed by atoms with E-state index in [1.54, 1.807) is 0 Å². The van der Waals surface area contributed by atoms with Gasteiger partial charge >= 0.3 is 13.8 Å². The van der Waals surface area contributed by atoms with Crippen molar-refractivity contribution in [3.05, 3.63) is 36.5 Å².